The van der Waals surface area contributed by atoms with Gasteiger partial charge < -0.3 is 39.0 Å². The number of rotatable bonds is 6. The Labute approximate surface area is 203 Å². The van der Waals surface area contributed by atoms with Gasteiger partial charge >= 0.3 is 14.1 Å². The van der Waals surface area contributed by atoms with Crippen LogP contribution < -0.4 is 0 Å². The molecule has 10 nitrogen and oxygen atoms in total. The van der Waals surface area contributed by atoms with Gasteiger partial charge in [-0.15, -0.1) is 0 Å². The molecule has 0 saturated carbocycles. The lowest BCUT2D eigenvalue weighted by molar-refractivity contribution is -0.0265. The molecule has 0 amide bonds. The predicted molar refractivity (Wildman–Crippen MR) is 133 cm³/mol. The van der Waals surface area contributed by atoms with E-state index in [0.717, 1.165) is 50.2 Å². The molecule has 188 valence electrons. The zero-order valence-electron chi connectivity index (χ0n) is 21.0. The van der Waals surface area contributed by atoms with Gasteiger partial charge in [-0.25, -0.2) is 9.97 Å². The van der Waals surface area contributed by atoms with E-state index in [0.29, 0.717) is 26.2 Å². The summed E-state index contributed by atoms with van der Waals surface area (Å²) in [5.41, 5.74) is 0.479. The topological polar surface area (TPSA) is 123 Å². The van der Waals surface area contributed by atoms with Gasteiger partial charge in [0.2, 0.25) is 0 Å². The predicted octanol–water partition coefficient (Wildman–Crippen LogP) is 0.257. The lowest BCUT2D eigenvalue weighted by Crippen LogP contribution is -2.54. The first-order valence-corrected chi connectivity index (χ1v) is 12.2. The monoisotopic (exact) mass is 474 g/mol. The molecule has 4 heterocycles. The summed E-state index contributed by atoms with van der Waals surface area (Å²) in [5, 5.41) is 40.3. The summed E-state index contributed by atoms with van der Waals surface area (Å²) in [4.78, 5) is 12.0. The minimum atomic E-state index is -0.763. The molecule has 0 bridgehead atoms. The highest BCUT2D eigenvalue weighted by Crippen LogP contribution is 2.25. The van der Waals surface area contributed by atoms with E-state index in [9.17, 15) is 20.3 Å². The summed E-state index contributed by atoms with van der Waals surface area (Å²) in [5.74, 6) is 0. The van der Waals surface area contributed by atoms with Crippen molar-refractivity contribution in [1.82, 2.24) is 28.7 Å². The van der Waals surface area contributed by atoms with E-state index in [4.69, 9.17) is 0 Å². The summed E-state index contributed by atoms with van der Waals surface area (Å²) in [6.45, 7) is 11.2. The van der Waals surface area contributed by atoms with Crippen LogP contribution in [-0.4, -0.2) is 100 Å². The molecular weight excluding hydrogens is 434 g/mol. The molecule has 4 rings (SSSR count). The summed E-state index contributed by atoms with van der Waals surface area (Å²) in [7, 11) is -0.989. The van der Waals surface area contributed by atoms with Gasteiger partial charge in [0.15, 0.2) is 0 Å². The molecule has 2 aromatic heterocycles. The SMILES string of the molecule is CB(O)N1CCCC(O)(Cn2cnc(C)c2)C1.CB(O)N1CCCC(O)(Cn2cncc2C)C1. The number of hydrogen-bond donors (Lipinski definition) is 4. The Morgan fingerprint density at radius 3 is 1.91 bits per heavy atom. The lowest BCUT2D eigenvalue weighted by atomic mass is 9.79. The first kappa shape index (κ1) is 26.9. The van der Waals surface area contributed by atoms with Gasteiger partial charge in [0, 0.05) is 31.2 Å². The molecule has 0 aliphatic carbocycles. The molecule has 0 radical (unpaired) electrons. The average Bonchev–Trinajstić information content (AvgIpc) is 3.35. The second-order valence-corrected chi connectivity index (χ2v) is 10.2. The number of aryl methyl sites for hydroxylation is 2. The number of aromatic nitrogens is 4. The fourth-order valence-corrected chi connectivity index (χ4v) is 4.96. The number of β-amino-alcohol motifs (C(OH)–C–C–N with tert-alkyl or cyclic N) is 2. The molecule has 2 unspecified atom stereocenters. The van der Waals surface area contributed by atoms with Crippen LogP contribution in [0.3, 0.4) is 0 Å². The molecule has 12 heteroatoms. The first-order valence-electron chi connectivity index (χ1n) is 12.2. The third-order valence-electron chi connectivity index (χ3n) is 6.85. The van der Waals surface area contributed by atoms with Gasteiger partial charge in [-0.3, -0.25) is 0 Å². The van der Waals surface area contributed by atoms with Gasteiger partial charge in [-0.2, -0.15) is 0 Å². The number of hydrogen-bond acceptors (Lipinski definition) is 8. The summed E-state index contributed by atoms with van der Waals surface area (Å²) >= 11 is 0. The fraction of sp³-hybridized carbons (Fsp3) is 0.727. The van der Waals surface area contributed by atoms with Crippen molar-refractivity contribution < 1.29 is 20.3 Å². The quantitative estimate of drug-likeness (QED) is 0.440. The van der Waals surface area contributed by atoms with Gasteiger partial charge in [-0.1, -0.05) is 0 Å². The van der Waals surface area contributed by atoms with Crippen LogP contribution in [0.5, 0.6) is 0 Å². The van der Waals surface area contributed by atoms with Crippen LogP contribution in [0.25, 0.3) is 0 Å². The maximum Gasteiger partial charge on any atom is 0.376 e. The normalized spacial score (nSPS) is 26.1. The van der Waals surface area contributed by atoms with Crippen molar-refractivity contribution in [3.05, 3.63) is 36.4 Å². The Kier molecular flexibility index (Phi) is 8.99. The van der Waals surface area contributed by atoms with Gasteiger partial charge in [-0.05, 0) is 66.3 Å². The van der Waals surface area contributed by atoms with Crippen LogP contribution in [0.4, 0.5) is 0 Å². The highest BCUT2D eigenvalue weighted by molar-refractivity contribution is 6.45. The van der Waals surface area contributed by atoms with E-state index in [1.807, 2.05) is 38.8 Å². The molecule has 34 heavy (non-hydrogen) atoms. The van der Waals surface area contributed by atoms with Crippen molar-refractivity contribution >= 4 is 14.1 Å². The molecular formula is C22H40B2N6O4. The summed E-state index contributed by atoms with van der Waals surface area (Å²) < 4.78 is 3.88. The fourth-order valence-electron chi connectivity index (χ4n) is 4.96. The third kappa shape index (κ3) is 7.40. The van der Waals surface area contributed by atoms with Crippen LogP contribution in [0.1, 0.15) is 37.1 Å². The van der Waals surface area contributed by atoms with Gasteiger partial charge in [0.25, 0.3) is 0 Å². The molecule has 2 fully saturated rings. The Hall–Kier alpha value is -1.69. The van der Waals surface area contributed by atoms with E-state index in [1.165, 1.54) is 0 Å². The van der Waals surface area contributed by atoms with E-state index in [1.54, 1.807) is 32.5 Å². The second-order valence-electron chi connectivity index (χ2n) is 10.2. The van der Waals surface area contributed by atoms with Crippen molar-refractivity contribution in [3.63, 3.8) is 0 Å². The van der Waals surface area contributed by atoms with Gasteiger partial charge in [0.05, 0.1) is 42.6 Å². The van der Waals surface area contributed by atoms with E-state index < -0.39 is 25.3 Å². The van der Waals surface area contributed by atoms with Crippen molar-refractivity contribution in [3.8, 4) is 0 Å². The molecule has 2 atom stereocenters. The molecule has 2 aliphatic heterocycles. The lowest BCUT2D eigenvalue weighted by Gasteiger charge is -2.40. The number of piperidine rings is 2. The Morgan fingerprint density at radius 1 is 0.912 bits per heavy atom. The smallest absolute Gasteiger partial charge is 0.376 e. The van der Waals surface area contributed by atoms with E-state index in [2.05, 4.69) is 9.97 Å². The van der Waals surface area contributed by atoms with Crippen LogP contribution in [-0.2, 0) is 13.1 Å². The minimum absolute atomic E-state index is 0.494. The molecule has 4 N–H and O–H groups in total. The third-order valence-corrected chi connectivity index (χ3v) is 6.85. The van der Waals surface area contributed by atoms with Crippen LogP contribution in [0.2, 0.25) is 13.6 Å². The van der Waals surface area contributed by atoms with E-state index in [-0.39, 0.29) is 0 Å². The molecule has 0 spiro atoms. The van der Waals surface area contributed by atoms with Crippen LogP contribution >= 0.6 is 0 Å². The highest BCUT2D eigenvalue weighted by atomic mass is 16.3. The summed E-state index contributed by atoms with van der Waals surface area (Å²) in [6.07, 6.45) is 10.6. The average molecular weight is 474 g/mol. The standard InChI is InChI=1S/2C11H20BN3O2/c1-10-6-14(9-13-10)7-11(16)4-3-5-15(8-11)12(2)17;1-10-6-13-9-14(10)7-11(16)4-3-5-15(8-11)12(2)17/h2*6,9,16-17H,3-5,7-8H2,1-2H3. The Bertz CT molecular complexity index is 910. The molecule has 2 aliphatic rings. The maximum atomic E-state index is 10.6. The number of imidazole rings is 2. The van der Waals surface area contributed by atoms with Crippen molar-refractivity contribution in [1.29, 1.82) is 0 Å². The number of aliphatic hydroxyl groups is 2. The Balaban J connectivity index is 0.000000191. The van der Waals surface area contributed by atoms with Crippen LogP contribution in [0, 0.1) is 13.8 Å². The summed E-state index contributed by atoms with van der Waals surface area (Å²) in [6, 6.07) is 0. The highest BCUT2D eigenvalue weighted by Gasteiger charge is 2.37. The largest absolute Gasteiger partial charge is 0.437 e. The molecule has 0 aromatic carbocycles. The zero-order chi connectivity index (χ0) is 24.9. The number of nitrogens with zero attached hydrogens (tertiary/aromatic N) is 6. The minimum Gasteiger partial charge on any atom is -0.437 e. The zero-order valence-corrected chi connectivity index (χ0v) is 21.0. The van der Waals surface area contributed by atoms with E-state index >= 15 is 0 Å². The molecule has 2 aromatic rings. The first-order chi connectivity index (χ1) is 16.0. The van der Waals surface area contributed by atoms with Gasteiger partial charge in [0.1, 0.15) is 0 Å². The van der Waals surface area contributed by atoms with Crippen molar-refractivity contribution in [2.75, 3.05) is 26.2 Å². The van der Waals surface area contributed by atoms with Crippen LogP contribution in [0.15, 0.2) is 25.0 Å². The van der Waals surface area contributed by atoms with Crippen molar-refractivity contribution in [2.24, 2.45) is 0 Å². The van der Waals surface area contributed by atoms with Crippen molar-refractivity contribution in [2.45, 2.75) is 77.5 Å². The Morgan fingerprint density at radius 2 is 1.47 bits per heavy atom. The molecule has 2 saturated heterocycles. The maximum absolute atomic E-state index is 10.6. The second kappa shape index (κ2) is 11.4.